The molecular formula is C17H21N5O4. The lowest BCUT2D eigenvalue weighted by atomic mass is 10.1. The van der Waals surface area contributed by atoms with Gasteiger partial charge in [-0.1, -0.05) is 0 Å². The Morgan fingerprint density at radius 3 is 2.62 bits per heavy atom. The van der Waals surface area contributed by atoms with Crippen LogP contribution in [0.15, 0.2) is 30.6 Å². The van der Waals surface area contributed by atoms with Crippen LogP contribution in [0.2, 0.25) is 0 Å². The maximum absolute atomic E-state index is 12.7. The molecule has 0 aliphatic carbocycles. The molecule has 2 heterocycles. The Kier molecular flexibility index (Phi) is 5.17. The zero-order valence-corrected chi connectivity index (χ0v) is 14.8. The Hall–Kier alpha value is -2.94. The van der Waals surface area contributed by atoms with E-state index in [0.717, 1.165) is 25.2 Å². The SMILES string of the molecule is COc1ccc(C(=O)N2CCN(Cc3cnn(C)c3)CC2)cc1[N+](=O)[O-]. The molecule has 0 atom stereocenters. The Balaban J connectivity index is 1.63. The maximum atomic E-state index is 12.7. The first-order chi connectivity index (χ1) is 12.5. The number of ether oxygens (including phenoxy) is 1. The van der Waals surface area contributed by atoms with Crippen LogP contribution in [0.4, 0.5) is 5.69 Å². The lowest BCUT2D eigenvalue weighted by Crippen LogP contribution is -2.48. The highest BCUT2D eigenvalue weighted by Gasteiger charge is 2.25. The number of rotatable bonds is 5. The lowest BCUT2D eigenvalue weighted by molar-refractivity contribution is -0.385. The molecule has 0 N–H and O–H groups in total. The minimum atomic E-state index is -0.540. The third-order valence-corrected chi connectivity index (χ3v) is 4.45. The van der Waals surface area contributed by atoms with Crippen molar-refractivity contribution in [2.75, 3.05) is 33.3 Å². The number of amides is 1. The summed E-state index contributed by atoms with van der Waals surface area (Å²) in [5, 5.41) is 15.3. The number of nitrogens with zero attached hydrogens (tertiary/aromatic N) is 5. The van der Waals surface area contributed by atoms with Crippen molar-refractivity contribution in [3.63, 3.8) is 0 Å². The van der Waals surface area contributed by atoms with E-state index < -0.39 is 4.92 Å². The van der Waals surface area contributed by atoms with E-state index in [1.807, 2.05) is 19.4 Å². The van der Waals surface area contributed by atoms with Crippen molar-refractivity contribution in [3.8, 4) is 5.75 Å². The average Bonchev–Trinajstić information content (AvgIpc) is 3.06. The number of piperazine rings is 1. The van der Waals surface area contributed by atoms with Crippen molar-refractivity contribution in [3.05, 3.63) is 51.8 Å². The maximum Gasteiger partial charge on any atom is 0.311 e. The predicted octanol–water partition coefficient (Wildman–Crippen LogP) is 1.29. The van der Waals surface area contributed by atoms with Crippen LogP contribution in [0, 0.1) is 10.1 Å². The van der Waals surface area contributed by atoms with Gasteiger partial charge in [-0.3, -0.25) is 24.5 Å². The van der Waals surface area contributed by atoms with E-state index in [9.17, 15) is 14.9 Å². The zero-order chi connectivity index (χ0) is 18.7. The molecule has 0 radical (unpaired) electrons. The van der Waals surface area contributed by atoms with Crippen molar-refractivity contribution < 1.29 is 14.5 Å². The molecule has 9 heteroatoms. The van der Waals surface area contributed by atoms with Crippen LogP contribution in [0.5, 0.6) is 5.75 Å². The number of carbonyl (C=O) groups is 1. The van der Waals surface area contributed by atoms with E-state index in [2.05, 4.69) is 10.00 Å². The highest BCUT2D eigenvalue weighted by molar-refractivity contribution is 5.95. The molecule has 9 nitrogen and oxygen atoms in total. The normalized spacial score (nSPS) is 15.1. The monoisotopic (exact) mass is 359 g/mol. The molecule has 1 fully saturated rings. The van der Waals surface area contributed by atoms with E-state index in [-0.39, 0.29) is 17.3 Å². The van der Waals surface area contributed by atoms with Crippen LogP contribution >= 0.6 is 0 Å². The van der Waals surface area contributed by atoms with Gasteiger partial charge in [0.2, 0.25) is 0 Å². The fourth-order valence-corrected chi connectivity index (χ4v) is 3.07. The van der Waals surface area contributed by atoms with Gasteiger partial charge in [0.05, 0.1) is 18.2 Å². The van der Waals surface area contributed by atoms with Gasteiger partial charge in [0, 0.05) is 63.2 Å². The highest BCUT2D eigenvalue weighted by atomic mass is 16.6. The molecule has 1 aromatic carbocycles. The third kappa shape index (κ3) is 3.83. The average molecular weight is 359 g/mol. The summed E-state index contributed by atoms with van der Waals surface area (Å²) in [7, 11) is 3.25. The molecule has 1 aliphatic heterocycles. The van der Waals surface area contributed by atoms with E-state index in [0.29, 0.717) is 18.7 Å². The van der Waals surface area contributed by atoms with Gasteiger partial charge in [-0.25, -0.2) is 0 Å². The second-order valence-electron chi connectivity index (χ2n) is 6.23. The molecule has 0 unspecified atom stereocenters. The summed E-state index contributed by atoms with van der Waals surface area (Å²) < 4.78 is 6.75. The first-order valence-corrected chi connectivity index (χ1v) is 8.29. The van der Waals surface area contributed by atoms with Crippen LogP contribution in [0.1, 0.15) is 15.9 Å². The highest BCUT2D eigenvalue weighted by Crippen LogP contribution is 2.28. The van der Waals surface area contributed by atoms with Crippen LogP contribution in [-0.2, 0) is 13.6 Å². The van der Waals surface area contributed by atoms with Gasteiger partial charge >= 0.3 is 5.69 Å². The van der Waals surface area contributed by atoms with Gasteiger partial charge in [-0.05, 0) is 12.1 Å². The molecule has 1 aromatic heterocycles. The number of aryl methyl sites for hydroxylation is 1. The molecule has 2 aromatic rings. The minimum absolute atomic E-state index is 0.146. The largest absolute Gasteiger partial charge is 0.490 e. The summed E-state index contributed by atoms with van der Waals surface area (Å²) in [4.78, 5) is 27.3. The smallest absolute Gasteiger partial charge is 0.311 e. The van der Waals surface area contributed by atoms with Gasteiger partial charge in [-0.2, -0.15) is 5.10 Å². The molecule has 1 amide bonds. The van der Waals surface area contributed by atoms with Gasteiger partial charge < -0.3 is 9.64 Å². The first kappa shape index (κ1) is 17.9. The predicted molar refractivity (Wildman–Crippen MR) is 94.0 cm³/mol. The summed E-state index contributed by atoms with van der Waals surface area (Å²) in [6.07, 6.45) is 3.82. The van der Waals surface area contributed by atoms with Crippen molar-refractivity contribution in [2.45, 2.75) is 6.54 Å². The molecule has 138 valence electrons. The molecule has 0 spiro atoms. The second-order valence-corrected chi connectivity index (χ2v) is 6.23. The zero-order valence-electron chi connectivity index (χ0n) is 14.8. The van der Waals surface area contributed by atoms with Crippen molar-refractivity contribution in [1.82, 2.24) is 19.6 Å². The number of carbonyl (C=O) groups excluding carboxylic acids is 1. The second kappa shape index (κ2) is 7.52. The Morgan fingerprint density at radius 2 is 2.04 bits per heavy atom. The Labute approximate surface area is 150 Å². The summed E-state index contributed by atoms with van der Waals surface area (Å²) in [5.41, 5.74) is 1.24. The number of nitro groups is 1. The number of benzene rings is 1. The first-order valence-electron chi connectivity index (χ1n) is 8.29. The molecule has 0 bridgehead atoms. The van der Waals surface area contributed by atoms with E-state index >= 15 is 0 Å². The fourth-order valence-electron chi connectivity index (χ4n) is 3.07. The summed E-state index contributed by atoms with van der Waals surface area (Å²) in [6, 6.07) is 4.31. The molecule has 1 saturated heterocycles. The number of aromatic nitrogens is 2. The van der Waals surface area contributed by atoms with Crippen molar-refractivity contribution in [2.24, 2.45) is 7.05 Å². The number of hydrogen-bond acceptors (Lipinski definition) is 6. The molecule has 26 heavy (non-hydrogen) atoms. The Morgan fingerprint density at radius 1 is 1.31 bits per heavy atom. The molecule has 3 rings (SSSR count). The van der Waals surface area contributed by atoms with E-state index in [4.69, 9.17) is 4.74 Å². The van der Waals surface area contributed by atoms with Crippen LogP contribution in [-0.4, -0.2) is 63.7 Å². The Bertz CT molecular complexity index is 811. The van der Waals surface area contributed by atoms with Crippen LogP contribution in [0.25, 0.3) is 0 Å². The lowest BCUT2D eigenvalue weighted by Gasteiger charge is -2.34. The summed E-state index contributed by atoms with van der Waals surface area (Å²) >= 11 is 0. The standard InChI is InChI=1S/C17H21N5O4/c1-19-11-13(10-18-19)12-20-5-7-21(8-6-20)17(23)14-3-4-16(26-2)15(9-14)22(24)25/h3-4,9-11H,5-8,12H2,1-2H3. The topological polar surface area (TPSA) is 93.7 Å². The van der Waals surface area contributed by atoms with Crippen molar-refractivity contribution in [1.29, 1.82) is 0 Å². The molecule has 1 aliphatic rings. The quantitative estimate of drug-likeness (QED) is 0.590. The summed E-state index contributed by atoms with van der Waals surface area (Å²) in [6.45, 7) is 3.46. The van der Waals surface area contributed by atoms with Gasteiger partial charge in [0.25, 0.3) is 5.91 Å². The molecule has 0 saturated carbocycles. The van der Waals surface area contributed by atoms with E-state index in [1.165, 1.54) is 19.2 Å². The number of hydrogen-bond donors (Lipinski definition) is 0. The number of nitro benzene ring substituents is 1. The summed E-state index contributed by atoms with van der Waals surface area (Å²) in [5.74, 6) is -0.0513. The van der Waals surface area contributed by atoms with E-state index in [1.54, 1.807) is 15.6 Å². The van der Waals surface area contributed by atoms with Crippen molar-refractivity contribution >= 4 is 11.6 Å². The van der Waals surface area contributed by atoms with Gasteiger partial charge in [0.1, 0.15) is 0 Å². The molecular weight excluding hydrogens is 338 g/mol. The third-order valence-electron chi connectivity index (χ3n) is 4.45. The number of methoxy groups -OCH3 is 1. The van der Waals surface area contributed by atoms with Gasteiger partial charge in [-0.15, -0.1) is 0 Å². The van der Waals surface area contributed by atoms with Crippen LogP contribution in [0.3, 0.4) is 0 Å². The van der Waals surface area contributed by atoms with Crippen LogP contribution < -0.4 is 4.74 Å². The minimum Gasteiger partial charge on any atom is -0.490 e. The fraction of sp³-hybridized carbons (Fsp3) is 0.412. The van der Waals surface area contributed by atoms with Gasteiger partial charge in [0.15, 0.2) is 5.75 Å².